The summed E-state index contributed by atoms with van der Waals surface area (Å²) in [6, 6.07) is 22.9. The quantitative estimate of drug-likeness (QED) is 0.127. The van der Waals surface area contributed by atoms with Crippen molar-refractivity contribution in [3.8, 4) is 5.75 Å². The third kappa shape index (κ3) is 8.93. The first-order valence-electron chi connectivity index (χ1n) is 12.9. The molecule has 1 unspecified atom stereocenters. The maximum absolute atomic E-state index is 13.3. The summed E-state index contributed by atoms with van der Waals surface area (Å²) >= 11 is 4.05. The Bertz CT molecular complexity index is 1560. The van der Waals surface area contributed by atoms with Gasteiger partial charge in [0.05, 0.1) is 12.4 Å². The molecule has 42 heavy (non-hydrogen) atoms. The average Bonchev–Trinajstić information content (AvgIpc) is 3.45. The Hall–Kier alpha value is -4.13. The predicted octanol–water partition coefficient (Wildman–Crippen LogP) is 6.19. The lowest BCUT2D eigenvalue weighted by molar-refractivity contribution is -0.115. The minimum atomic E-state index is -0.493. The van der Waals surface area contributed by atoms with Crippen molar-refractivity contribution in [3.05, 3.63) is 95.7 Å². The summed E-state index contributed by atoms with van der Waals surface area (Å²) < 4.78 is 9.50. The van der Waals surface area contributed by atoms with Gasteiger partial charge in [-0.25, -0.2) is 0 Å². The maximum atomic E-state index is 13.3. The number of nitrogens with zero attached hydrogens (tertiary/aromatic N) is 2. The van der Waals surface area contributed by atoms with E-state index in [0.29, 0.717) is 32.9 Å². The molecule has 12 heteroatoms. The van der Waals surface area contributed by atoms with Crippen molar-refractivity contribution >= 4 is 69.7 Å². The van der Waals surface area contributed by atoms with Crippen molar-refractivity contribution in [2.45, 2.75) is 29.1 Å². The molecule has 4 rings (SSSR count). The standard InChI is InChI=1S/C30H29N5O4S3/c1-4-40-30-34-29(42-35-30)33-26(36)19(2)41-24-15-13-22(14-16-24)31-28(38)25(18-20-9-8-12-23(17-20)39-3)32-27(37)21-10-6-5-7-11-21/h5-19H,4H2,1-3H3,(H,31,38)(H,32,37)(H,33,34,35,36)/b25-18-. The zero-order chi connectivity index (χ0) is 29.9. The molecule has 3 amide bonds. The third-order valence-electron chi connectivity index (χ3n) is 5.64. The Balaban J connectivity index is 1.42. The van der Waals surface area contributed by atoms with Crippen LogP contribution in [0.4, 0.5) is 10.8 Å². The second-order valence-electron chi connectivity index (χ2n) is 8.70. The Morgan fingerprint density at radius 3 is 2.48 bits per heavy atom. The fourth-order valence-electron chi connectivity index (χ4n) is 3.57. The number of carbonyl (C=O) groups excluding carboxylic acids is 3. The van der Waals surface area contributed by atoms with Crippen LogP contribution < -0.4 is 20.7 Å². The lowest BCUT2D eigenvalue weighted by Crippen LogP contribution is -2.30. The number of hydrogen-bond donors (Lipinski definition) is 3. The number of benzene rings is 3. The Morgan fingerprint density at radius 2 is 1.76 bits per heavy atom. The molecule has 216 valence electrons. The summed E-state index contributed by atoms with van der Waals surface area (Å²) in [6.07, 6.45) is 1.59. The molecule has 0 aliphatic carbocycles. The molecule has 0 saturated carbocycles. The second kappa shape index (κ2) is 15.2. The molecule has 0 fully saturated rings. The molecule has 0 aliphatic heterocycles. The summed E-state index contributed by atoms with van der Waals surface area (Å²) in [5.74, 6) is 0.399. The SMILES string of the molecule is CCSc1nsc(NC(=O)C(C)Sc2ccc(NC(=O)/C(=C/c3cccc(OC)c3)NC(=O)c3ccccc3)cc2)n1. The van der Waals surface area contributed by atoms with Crippen LogP contribution in [-0.2, 0) is 9.59 Å². The van der Waals surface area contributed by atoms with Crippen molar-refractivity contribution in [2.75, 3.05) is 23.5 Å². The van der Waals surface area contributed by atoms with Gasteiger partial charge < -0.3 is 15.4 Å². The molecule has 1 aromatic heterocycles. The van der Waals surface area contributed by atoms with Gasteiger partial charge in [0.1, 0.15) is 11.4 Å². The number of thioether (sulfide) groups is 2. The van der Waals surface area contributed by atoms with Gasteiger partial charge in [-0.2, -0.15) is 9.36 Å². The van der Waals surface area contributed by atoms with E-state index in [4.69, 9.17) is 4.74 Å². The molecule has 9 nitrogen and oxygen atoms in total. The van der Waals surface area contributed by atoms with E-state index >= 15 is 0 Å². The fraction of sp³-hybridized carbons (Fsp3) is 0.167. The Labute approximate surface area is 256 Å². The molecule has 4 aromatic rings. The molecule has 1 heterocycles. The summed E-state index contributed by atoms with van der Waals surface area (Å²) in [4.78, 5) is 44.0. The largest absolute Gasteiger partial charge is 0.497 e. The predicted molar refractivity (Wildman–Crippen MR) is 170 cm³/mol. The van der Waals surface area contributed by atoms with E-state index in [-0.39, 0.29) is 16.9 Å². The molecule has 0 spiro atoms. The van der Waals surface area contributed by atoms with Crippen LogP contribution in [-0.4, -0.2) is 45.2 Å². The zero-order valence-corrected chi connectivity index (χ0v) is 25.6. The number of hydrogen-bond acceptors (Lipinski definition) is 9. The molecule has 0 bridgehead atoms. The van der Waals surface area contributed by atoms with Crippen LogP contribution in [0.2, 0.25) is 0 Å². The van der Waals surface area contributed by atoms with Crippen LogP contribution in [0.25, 0.3) is 6.08 Å². The normalized spacial score (nSPS) is 11.8. The van der Waals surface area contributed by atoms with Crippen LogP contribution in [0.3, 0.4) is 0 Å². The second-order valence-corrected chi connectivity index (χ2v) is 12.1. The maximum Gasteiger partial charge on any atom is 0.272 e. The number of anilines is 2. The van der Waals surface area contributed by atoms with Crippen molar-refractivity contribution in [3.63, 3.8) is 0 Å². The summed E-state index contributed by atoms with van der Waals surface area (Å²) in [5.41, 5.74) is 1.70. The van der Waals surface area contributed by atoms with E-state index in [1.165, 1.54) is 23.5 Å². The van der Waals surface area contributed by atoms with Gasteiger partial charge in [-0.3, -0.25) is 19.7 Å². The smallest absolute Gasteiger partial charge is 0.272 e. The minimum absolute atomic E-state index is 0.0676. The number of amides is 3. The highest BCUT2D eigenvalue weighted by atomic mass is 32.2. The number of carbonyl (C=O) groups is 3. The van der Waals surface area contributed by atoms with E-state index < -0.39 is 11.8 Å². The molecule has 3 aromatic carbocycles. The minimum Gasteiger partial charge on any atom is -0.497 e. The zero-order valence-electron chi connectivity index (χ0n) is 23.1. The van der Waals surface area contributed by atoms with Crippen molar-refractivity contribution in [1.82, 2.24) is 14.7 Å². The van der Waals surface area contributed by atoms with Crippen molar-refractivity contribution in [1.29, 1.82) is 0 Å². The highest BCUT2D eigenvalue weighted by molar-refractivity contribution is 8.00. The van der Waals surface area contributed by atoms with E-state index in [1.54, 1.807) is 67.8 Å². The topological polar surface area (TPSA) is 122 Å². The number of rotatable bonds is 12. The highest BCUT2D eigenvalue weighted by Gasteiger charge is 2.18. The van der Waals surface area contributed by atoms with Gasteiger partial charge in [-0.05, 0) is 72.8 Å². The number of aromatic nitrogens is 2. The first-order valence-corrected chi connectivity index (χ1v) is 15.6. The van der Waals surface area contributed by atoms with Gasteiger partial charge in [0.15, 0.2) is 0 Å². The van der Waals surface area contributed by atoms with Crippen LogP contribution in [0.1, 0.15) is 29.8 Å². The molecule has 3 N–H and O–H groups in total. The van der Waals surface area contributed by atoms with E-state index in [0.717, 1.165) is 22.2 Å². The summed E-state index contributed by atoms with van der Waals surface area (Å²) in [6.45, 7) is 3.82. The van der Waals surface area contributed by atoms with Gasteiger partial charge in [-0.15, -0.1) is 11.8 Å². The lowest BCUT2D eigenvalue weighted by Gasteiger charge is -2.13. The fourth-order valence-corrected chi connectivity index (χ4v) is 5.71. The van der Waals surface area contributed by atoms with Crippen molar-refractivity contribution in [2.24, 2.45) is 0 Å². The average molecular weight is 620 g/mol. The van der Waals surface area contributed by atoms with E-state index in [9.17, 15) is 14.4 Å². The molecule has 1 atom stereocenters. The monoisotopic (exact) mass is 619 g/mol. The van der Waals surface area contributed by atoms with E-state index in [2.05, 4.69) is 25.3 Å². The van der Waals surface area contributed by atoms with Gasteiger partial charge in [0.25, 0.3) is 11.8 Å². The van der Waals surface area contributed by atoms with Crippen molar-refractivity contribution < 1.29 is 19.1 Å². The Morgan fingerprint density at radius 1 is 1.00 bits per heavy atom. The number of ether oxygens (including phenoxy) is 1. The molecule has 0 radical (unpaired) electrons. The summed E-state index contributed by atoms with van der Waals surface area (Å²) in [7, 11) is 1.56. The number of methoxy groups -OCH3 is 1. The van der Waals surface area contributed by atoms with Gasteiger partial charge in [-0.1, -0.05) is 49.0 Å². The first-order chi connectivity index (χ1) is 20.3. The van der Waals surface area contributed by atoms with E-state index in [1.807, 2.05) is 38.1 Å². The van der Waals surface area contributed by atoms with Crippen LogP contribution in [0.5, 0.6) is 5.75 Å². The third-order valence-corrected chi connectivity index (χ3v) is 8.23. The highest BCUT2D eigenvalue weighted by Crippen LogP contribution is 2.27. The Kier molecular flexibility index (Phi) is 11.2. The van der Waals surface area contributed by atoms with Gasteiger partial charge in [0, 0.05) is 27.7 Å². The molecular weight excluding hydrogens is 591 g/mol. The van der Waals surface area contributed by atoms with Crippen LogP contribution in [0.15, 0.2) is 94.6 Å². The summed E-state index contributed by atoms with van der Waals surface area (Å²) in [5, 5.41) is 9.11. The first kappa shape index (κ1) is 30.8. The van der Waals surface area contributed by atoms with Crippen LogP contribution in [0, 0.1) is 0 Å². The van der Waals surface area contributed by atoms with Gasteiger partial charge >= 0.3 is 0 Å². The molecular formula is C30H29N5O4S3. The van der Waals surface area contributed by atoms with Gasteiger partial charge in [0.2, 0.25) is 16.2 Å². The van der Waals surface area contributed by atoms with Crippen LogP contribution >= 0.6 is 35.1 Å². The molecule has 0 aliphatic rings. The molecule has 0 saturated heterocycles. The lowest BCUT2D eigenvalue weighted by atomic mass is 10.1. The number of nitrogens with one attached hydrogen (secondary N) is 3.